The minimum Gasteiger partial charge on any atom is -0.475 e. The van der Waals surface area contributed by atoms with Gasteiger partial charge in [0.05, 0.1) is 0 Å². The lowest BCUT2D eigenvalue weighted by atomic mass is 10.1. The summed E-state index contributed by atoms with van der Waals surface area (Å²) < 4.78 is 76.5. The Hall–Kier alpha value is -2.94. The average molecular weight is 559 g/mol. The van der Waals surface area contributed by atoms with E-state index in [0.29, 0.717) is 24.4 Å². The SMILES string of the molecule is O=C(O)C(F)(F)F.O=C(O)C(F)(F)F.O=C1C[C@@H]2[C@H](CCN2Cc2ccc(F)cc2)N1CCN1CCCC1. The van der Waals surface area contributed by atoms with Crippen LogP contribution >= 0.6 is 0 Å². The number of rotatable bonds is 5. The van der Waals surface area contributed by atoms with Gasteiger partial charge in [-0.2, -0.15) is 26.3 Å². The third kappa shape index (κ3) is 9.42. The fourth-order valence-corrected chi connectivity index (χ4v) is 4.58. The number of carbonyl (C=O) groups is 3. The number of carboxylic acid groups (broad SMARTS) is 2. The molecule has 0 aromatic heterocycles. The minimum absolute atomic E-state index is 0.192. The van der Waals surface area contributed by atoms with E-state index in [4.69, 9.17) is 19.8 Å². The summed E-state index contributed by atoms with van der Waals surface area (Å²) in [6, 6.07) is 7.45. The Morgan fingerprint density at radius 2 is 1.34 bits per heavy atom. The monoisotopic (exact) mass is 559 g/mol. The van der Waals surface area contributed by atoms with Gasteiger partial charge in [-0.3, -0.25) is 9.69 Å². The first kappa shape index (κ1) is 31.3. The quantitative estimate of drug-likeness (QED) is 0.534. The Bertz CT molecular complexity index is 926. The van der Waals surface area contributed by atoms with Gasteiger partial charge in [0, 0.05) is 44.7 Å². The molecule has 3 saturated heterocycles. The van der Waals surface area contributed by atoms with E-state index in [1.54, 1.807) is 0 Å². The highest BCUT2D eigenvalue weighted by Crippen LogP contribution is 2.33. The van der Waals surface area contributed by atoms with E-state index in [2.05, 4.69) is 14.7 Å². The molecule has 3 aliphatic heterocycles. The van der Waals surface area contributed by atoms with Crippen LogP contribution in [0, 0.1) is 5.82 Å². The van der Waals surface area contributed by atoms with E-state index < -0.39 is 24.3 Å². The molecule has 0 unspecified atom stereocenters. The number of halogens is 7. The maximum Gasteiger partial charge on any atom is 0.490 e. The molecule has 0 spiro atoms. The molecule has 15 heteroatoms. The Balaban J connectivity index is 0.000000301. The molecule has 214 valence electrons. The first-order valence-electron chi connectivity index (χ1n) is 11.7. The van der Waals surface area contributed by atoms with E-state index >= 15 is 0 Å². The number of carboxylic acids is 2. The summed E-state index contributed by atoms with van der Waals surface area (Å²) in [4.78, 5) is 37.3. The van der Waals surface area contributed by atoms with Crippen molar-refractivity contribution in [3.05, 3.63) is 35.6 Å². The molecule has 3 heterocycles. The Kier molecular flexibility index (Phi) is 10.9. The number of alkyl halides is 6. The molecule has 38 heavy (non-hydrogen) atoms. The zero-order valence-corrected chi connectivity index (χ0v) is 20.1. The largest absolute Gasteiger partial charge is 0.490 e. The van der Waals surface area contributed by atoms with Gasteiger partial charge in [0.1, 0.15) is 5.82 Å². The normalized spacial score (nSPS) is 21.9. The molecule has 3 aliphatic rings. The summed E-state index contributed by atoms with van der Waals surface area (Å²) in [5.74, 6) is -5.39. The molecule has 1 amide bonds. The number of hydrogen-bond donors (Lipinski definition) is 2. The molecule has 4 rings (SSSR count). The molecule has 0 saturated carbocycles. The van der Waals surface area contributed by atoms with Crippen LogP contribution < -0.4 is 0 Å². The van der Waals surface area contributed by atoms with Crippen molar-refractivity contribution in [3.8, 4) is 0 Å². The van der Waals surface area contributed by atoms with Crippen LogP contribution in [-0.4, -0.2) is 99.9 Å². The van der Waals surface area contributed by atoms with Crippen LogP contribution in [-0.2, 0) is 20.9 Å². The van der Waals surface area contributed by atoms with Crippen LogP contribution in [0.1, 0.15) is 31.2 Å². The molecule has 2 N–H and O–H groups in total. The fraction of sp³-hybridized carbons (Fsp3) is 0.609. The molecule has 0 bridgehead atoms. The third-order valence-corrected chi connectivity index (χ3v) is 6.37. The van der Waals surface area contributed by atoms with Gasteiger partial charge in [-0.1, -0.05) is 12.1 Å². The predicted molar refractivity (Wildman–Crippen MR) is 118 cm³/mol. The first-order valence-corrected chi connectivity index (χ1v) is 11.7. The first-order chi connectivity index (χ1) is 17.6. The lowest BCUT2D eigenvalue weighted by Crippen LogP contribution is -2.41. The summed E-state index contributed by atoms with van der Waals surface area (Å²) in [5.41, 5.74) is 1.13. The standard InChI is InChI=1S/C19H26FN3O.2C2HF3O2/c20-16-5-3-15(4-6-16)14-22-10-7-17-18(22)13-19(24)23(17)12-11-21-8-1-2-9-21;2*3-2(4,5)1(6)7/h3-6,17-18H,1-2,7-14H2;2*(H,6,7)/t17-,18+;;/m0../s1. The molecule has 3 fully saturated rings. The highest BCUT2D eigenvalue weighted by Gasteiger charge is 2.46. The molecule has 0 radical (unpaired) electrons. The topological polar surface area (TPSA) is 101 Å². The highest BCUT2D eigenvalue weighted by atomic mass is 19.4. The van der Waals surface area contributed by atoms with Gasteiger partial charge in [-0.15, -0.1) is 0 Å². The van der Waals surface area contributed by atoms with Crippen molar-refractivity contribution in [2.45, 2.75) is 56.7 Å². The molecule has 1 aromatic rings. The summed E-state index contributed by atoms with van der Waals surface area (Å²) in [5, 5.41) is 14.2. The number of aliphatic carboxylic acids is 2. The van der Waals surface area contributed by atoms with E-state index in [0.717, 1.165) is 38.2 Å². The number of likely N-dealkylation sites (tertiary alicyclic amines) is 3. The third-order valence-electron chi connectivity index (χ3n) is 6.37. The maximum absolute atomic E-state index is 13.1. The van der Waals surface area contributed by atoms with Gasteiger partial charge >= 0.3 is 24.3 Å². The van der Waals surface area contributed by atoms with Crippen LogP contribution in [0.2, 0.25) is 0 Å². The zero-order chi connectivity index (χ0) is 28.7. The van der Waals surface area contributed by atoms with Crippen LogP contribution in [0.25, 0.3) is 0 Å². The Morgan fingerprint density at radius 1 is 0.842 bits per heavy atom. The van der Waals surface area contributed by atoms with Gasteiger partial charge in [0.25, 0.3) is 0 Å². The van der Waals surface area contributed by atoms with Crippen molar-refractivity contribution < 1.29 is 55.3 Å². The molecule has 2 atom stereocenters. The number of nitrogens with zero attached hydrogens (tertiary/aromatic N) is 3. The van der Waals surface area contributed by atoms with E-state index in [1.165, 1.54) is 38.1 Å². The van der Waals surface area contributed by atoms with Gasteiger partial charge in [-0.25, -0.2) is 14.0 Å². The van der Waals surface area contributed by atoms with Crippen molar-refractivity contribution >= 4 is 17.8 Å². The van der Waals surface area contributed by atoms with Crippen LogP contribution in [0.4, 0.5) is 30.7 Å². The van der Waals surface area contributed by atoms with Crippen molar-refractivity contribution in [2.24, 2.45) is 0 Å². The zero-order valence-electron chi connectivity index (χ0n) is 20.1. The second kappa shape index (κ2) is 13.2. The predicted octanol–water partition coefficient (Wildman–Crippen LogP) is 3.36. The minimum atomic E-state index is -5.08. The van der Waals surface area contributed by atoms with Gasteiger partial charge in [0.15, 0.2) is 0 Å². The number of fused-ring (bicyclic) bond motifs is 1. The van der Waals surface area contributed by atoms with E-state index in [-0.39, 0.29) is 5.82 Å². The van der Waals surface area contributed by atoms with Crippen LogP contribution in [0.3, 0.4) is 0 Å². The second-order valence-corrected chi connectivity index (χ2v) is 8.97. The molecular formula is C23H28F7N3O5. The molecule has 8 nitrogen and oxygen atoms in total. The summed E-state index contributed by atoms with van der Waals surface area (Å²) in [6.07, 6.45) is -5.86. The van der Waals surface area contributed by atoms with Crippen molar-refractivity contribution in [1.82, 2.24) is 14.7 Å². The molecule has 0 aliphatic carbocycles. The number of benzene rings is 1. The average Bonchev–Trinajstić information content (AvgIpc) is 3.52. The summed E-state index contributed by atoms with van der Waals surface area (Å²) in [6.45, 7) is 6.12. The second-order valence-electron chi connectivity index (χ2n) is 8.97. The van der Waals surface area contributed by atoms with Crippen LogP contribution in [0.15, 0.2) is 24.3 Å². The van der Waals surface area contributed by atoms with E-state index in [1.807, 2.05) is 12.1 Å². The smallest absolute Gasteiger partial charge is 0.475 e. The lowest BCUT2D eigenvalue weighted by Gasteiger charge is -2.27. The molecule has 1 aromatic carbocycles. The molecular weight excluding hydrogens is 531 g/mol. The van der Waals surface area contributed by atoms with Crippen molar-refractivity contribution in [1.29, 1.82) is 0 Å². The Labute approximate surface area is 213 Å². The number of hydrogen-bond acceptors (Lipinski definition) is 5. The maximum atomic E-state index is 13.1. The number of carbonyl (C=O) groups excluding carboxylic acids is 1. The summed E-state index contributed by atoms with van der Waals surface area (Å²) >= 11 is 0. The highest BCUT2D eigenvalue weighted by molar-refractivity contribution is 5.80. The van der Waals surface area contributed by atoms with Crippen LogP contribution in [0.5, 0.6) is 0 Å². The van der Waals surface area contributed by atoms with Gasteiger partial charge in [0.2, 0.25) is 5.91 Å². The van der Waals surface area contributed by atoms with Crippen molar-refractivity contribution in [3.63, 3.8) is 0 Å². The lowest BCUT2D eigenvalue weighted by molar-refractivity contribution is -0.193. The fourth-order valence-electron chi connectivity index (χ4n) is 4.58. The Morgan fingerprint density at radius 3 is 1.82 bits per heavy atom. The van der Waals surface area contributed by atoms with E-state index in [9.17, 15) is 35.5 Å². The van der Waals surface area contributed by atoms with Crippen molar-refractivity contribution in [2.75, 3.05) is 32.7 Å². The summed E-state index contributed by atoms with van der Waals surface area (Å²) in [7, 11) is 0. The van der Waals surface area contributed by atoms with Gasteiger partial charge < -0.3 is 20.0 Å². The number of amides is 1. The van der Waals surface area contributed by atoms with Gasteiger partial charge in [-0.05, 0) is 50.0 Å².